The number of benzene rings is 1. The fourth-order valence-corrected chi connectivity index (χ4v) is 3.66. The predicted octanol–water partition coefficient (Wildman–Crippen LogP) is 1.82. The fourth-order valence-electron chi connectivity index (χ4n) is 3.66. The molecule has 0 radical (unpaired) electrons. The highest BCUT2D eigenvalue weighted by Crippen LogP contribution is 2.32. The van der Waals surface area contributed by atoms with Crippen molar-refractivity contribution in [2.75, 3.05) is 56.7 Å². The molecule has 8 nitrogen and oxygen atoms in total. The molecule has 162 valence electrons. The molecule has 2 aromatic rings. The Morgan fingerprint density at radius 1 is 1.33 bits per heavy atom. The molecule has 0 aliphatic carbocycles. The molecule has 2 fully saturated rings. The molecule has 30 heavy (non-hydrogen) atoms. The fraction of sp³-hybridized carbons (Fsp3) is 0.545. The first-order chi connectivity index (χ1) is 14.6. The Labute approximate surface area is 177 Å². The van der Waals surface area contributed by atoms with Crippen LogP contribution in [0.5, 0.6) is 5.75 Å². The first-order valence-corrected chi connectivity index (χ1v) is 10.7. The standard InChI is InChI=1S/C22H31N5O3/c1-15-20(24-17-7-10-29-13-17)25-21(26-22(15)27-8-4-9-27)16-5-3-6-19(11-16)30-14-18(28)12-23-2/h3,5-6,11,17-18,23,28H,4,7-10,12-14H2,1-2H3,(H,24,25,26)/t17-,18?/m1/s1. The molecule has 0 saturated carbocycles. The summed E-state index contributed by atoms with van der Waals surface area (Å²) in [6, 6.07) is 8.01. The first kappa shape index (κ1) is 20.8. The molecule has 0 bridgehead atoms. The second kappa shape index (κ2) is 9.59. The van der Waals surface area contributed by atoms with E-state index in [-0.39, 0.29) is 12.6 Å². The van der Waals surface area contributed by atoms with E-state index in [1.807, 2.05) is 24.3 Å². The number of nitrogens with zero attached hydrogens (tertiary/aromatic N) is 3. The molecule has 8 heteroatoms. The number of hydrogen-bond donors (Lipinski definition) is 3. The Kier molecular flexibility index (Phi) is 6.66. The average molecular weight is 414 g/mol. The summed E-state index contributed by atoms with van der Waals surface area (Å²) in [6.07, 6.45) is 1.61. The summed E-state index contributed by atoms with van der Waals surface area (Å²) in [4.78, 5) is 12.0. The van der Waals surface area contributed by atoms with E-state index < -0.39 is 6.10 Å². The van der Waals surface area contributed by atoms with Crippen molar-refractivity contribution in [2.24, 2.45) is 0 Å². The van der Waals surface area contributed by atoms with Crippen LogP contribution in [0.15, 0.2) is 24.3 Å². The molecular formula is C22H31N5O3. The monoisotopic (exact) mass is 413 g/mol. The summed E-state index contributed by atoms with van der Waals surface area (Å²) >= 11 is 0. The van der Waals surface area contributed by atoms with Gasteiger partial charge in [0.15, 0.2) is 5.82 Å². The van der Waals surface area contributed by atoms with Crippen LogP contribution in [0.1, 0.15) is 18.4 Å². The van der Waals surface area contributed by atoms with Gasteiger partial charge in [-0.15, -0.1) is 0 Å². The lowest BCUT2D eigenvalue weighted by molar-refractivity contribution is 0.108. The van der Waals surface area contributed by atoms with E-state index in [0.29, 0.717) is 24.7 Å². The van der Waals surface area contributed by atoms with Gasteiger partial charge in [-0.25, -0.2) is 9.97 Å². The quantitative estimate of drug-likeness (QED) is 0.574. The maximum Gasteiger partial charge on any atom is 0.164 e. The highest BCUT2D eigenvalue weighted by atomic mass is 16.5. The second-order valence-electron chi connectivity index (χ2n) is 7.94. The van der Waals surface area contributed by atoms with Gasteiger partial charge in [0.2, 0.25) is 0 Å². The van der Waals surface area contributed by atoms with E-state index in [2.05, 4.69) is 22.5 Å². The van der Waals surface area contributed by atoms with Gasteiger partial charge in [-0.3, -0.25) is 0 Å². The van der Waals surface area contributed by atoms with Crippen molar-refractivity contribution >= 4 is 11.6 Å². The number of aliphatic hydroxyl groups is 1. The molecule has 3 N–H and O–H groups in total. The highest BCUT2D eigenvalue weighted by Gasteiger charge is 2.24. The van der Waals surface area contributed by atoms with Crippen molar-refractivity contribution in [2.45, 2.75) is 31.9 Å². The molecule has 1 aromatic carbocycles. The van der Waals surface area contributed by atoms with E-state index in [9.17, 15) is 5.11 Å². The van der Waals surface area contributed by atoms with Gasteiger partial charge in [0, 0.05) is 37.4 Å². The number of likely N-dealkylation sites (N-methyl/N-ethyl adjacent to an activating group) is 1. The van der Waals surface area contributed by atoms with Crippen molar-refractivity contribution in [3.05, 3.63) is 29.8 Å². The van der Waals surface area contributed by atoms with Gasteiger partial charge >= 0.3 is 0 Å². The number of nitrogens with one attached hydrogen (secondary N) is 2. The molecule has 3 heterocycles. The number of hydrogen-bond acceptors (Lipinski definition) is 8. The van der Waals surface area contributed by atoms with Gasteiger partial charge in [0.25, 0.3) is 0 Å². The van der Waals surface area contributed by atoms with Crippen LogP contribution >= 0.6 is 0 Å². The largest absolute Gasteiger partial charge is 0.491 e. The molecule has 2 saturated heterocycles. The van der Waals surface area contributed by atoms with Gasteiger partial charge in [0.1, 0.15) is 30.1 Å². The smallest absolute Gasteiger partial charge is 0.164 e. The molecule has 0 spiro atoms. The number of ether oxygens (including phenoxy) is 2. The SMILES string of the molecule is CNCC(O)COc1cccc(-c2nc(N[C@@H]3CCOC3)c(C)c(N3CCC3)n2)c1. The van der Waals surface area contributed by atoms with Crippen LogP contribution in [0, 0.1) is 6.92 Å². The van der Waals surface area contributed by atoms with Crippen molar-refractivity contribution in [1.82, 2.24) is 15.3 Å². The van der Waals surface area contributed by atoms with Crippen LogP contribution in [0.25, 0.3) is 11.4 Å². The minimum atomic E-state index is -0.559. The number of rotatable bonds is 9. The number of aromatic nitrogens is 2. The minimum absolute atomic E-state index is 0.229. The van der Waals surface area contributed by atoms with Gasteiger partial charge in [0.05, 0.1) is 12.6 Å². The lowest BCUT2D eigenvalue weighted by atomic mass is 10.1. The molecule has 1 aromatic heterocycles. The lowest BCUT2D eigenvalue weighted by Gasteiger charge is -2.34. The predicted molar refractivity (Wildman–Crippen MR) is 117 cm³/mol. The Bertz CT molecular complexity index is 853. The maximum absolute atomic E-state index is 9.89. The maximum atomic E-state index is 9.89. The van der Waals surface area contributed by atoms with Crippen LogP contribution < -0.4 is 20.3 Å². The van der Waals surface area contributed by atoms with Crippen LogP contribution in [-0.2, 0) is 4.74 Å². The highest BCUT2D eigenvalue weighted by molar-refractivity contribution is 5.67. The zero-order valence-electron chi connectivity index (χ0n) is 17.7. The third-order valence-electron chi connectivity index (χ3n) is 5.52. The van der Waals surface area contributed by atoms with Gasteiger partial charge in [-0.05, 0) is 38.9 Å². The molecule has 2 aliphatic heterocycles. The summed E-state index contributed by atoms with van der Waals surface area (Å²) in [5.41, 5.74) is 1.97. The third-order valence-corrected chi connectivity index (χ3v) is 5.52. The Balaban J connectivity index is 1.60. The normalized spacial score (nSPS) is 19.4. The Morgan fingerprint density at radius 3 is 2.90 bits per heavy atom. The number of aliphatic hydroxyl groups excluding tert-OH is 1. The molecule has 2 atom stereocenters. The van der Waals surface area contributed by atoms with Crippen LogP contribution in [0.3, 0.4) is 0 Å². The van der Waals surface area contributed by atoms with Gasteiger partial charge < -0.3 is 30.1 Å². The molecule has 1 unspecified atom stereocenters. The Hall–Kier alpha value is -2.42. The summed E-state index contributed by atoms with van der Waals surface area (Å²) < 4.78 is 11.3. The van der Waals surface area contributed by atoms with Gasteiger partial charge in [-0.1, -0.05) is 12.1 Å². The topological polar surface area (TPSA) is 91.8 Å². The second-order valence-corrected chi connectivity index (χ2v) is 7.94. The first-order valence-electron chi connectivity index (χ1n) is 10.7. The molecule has 4 rings (SSSR count). The summed E-state index contributed by atoms with van der Waals surface area (Å²) in [5.74, 6) is 3.22. The molecule has 2 aliphatic rings. The molecular weight excluding hydrogens is 382 g/mol. The van der Waals surface area contributed by atoms with Crippen LogP contribution in [-0.4, -0.2) is 73.7 Å². The Morgan fingerprint density at radius 2 is 2.20 bits per heavy atom. The van der Waals surface area contributed by atoms with Crippen molar-refractivity contribution < 1.29 is 14.6 Å². The zero-order valence-corrected chi connectivity index (χ0v) is 17.7. The summed E-state index contributed by atoms with van der Waals surface area (Å²) in [7, 11) is 1.80. The van der Waals surface area contributed by atoms with Crippen molar-refractivity contribution in [3.63, 3.8) is 0 Å². The minimum Gasteiger partial charge on any atom is -0.491 e. The van der Waals surface area contributed by atoms with E-state index in [1.54, 1.807) is 7.05 Å². The van der Waals surface area contributed by atoms with E-state index in [0.717, 1.165) is 48.9 Å². The summed E-state index contributed by atoms with van der Waals surface area (Å²) in [5, 5.41) is 16.4. The summed E-state index contributed by atoms with van der Waals surface area (Å²) in [6.45, 7) is 6.33. The van der Waals surface area contributed by atoms with E-state index in [1.165, 1.54) is 6.42 Å². The molecule has 0 amide bonds. The van der Waals surface area contributed by atoms with E-state index in [4.69, 9.17) is 19.4 Å². The van der Waals surface area contributed by atoms with Crippen molar-refractivity contribution in [3.8, 4) is 17.1 Å². The van der Waals surface area contributed by atoms with Crippen molar-refractivity contribution in [1.29, 1.82) is 0 Å². The number of anilines is 2. The zero-order chi connectivity index (χ0) is 20.9. The third kappa shape index (κ3) is 4.83. The van der Waals surface area contributed by atoms with E-state index >= 15 is 0 Å². The van der Waals surface area contributed by atoms with Gasteiger partial charge in [-0.2, -0.15) is 0 Å². The van der Waals surface area contributed by atoms with Crippen LogP contribution in [0.2, 0.25) is 0 Å². The average Bonchev–Trinajstić information content (AvgIpc) is 3.21. The van der Waals surface area contributed by atoms with Crippen LogP contribution in [0.4, 0.5) is 11.6 Å². The lowest BCUT2D eigenvalue weighted by Crippen LogP contribution is -2.38.